The Hall–Kier alpha value is -1.32. The maximum absolute atomic E-state index is 5.55. The van der Waals surface area contributed by atoms with E-state index in [0.29, 0.717) is 11.9 Å². The third-order valence-electron chi connectivity index (χ3n) is 2.00. The third-order valence-corrected chi connectivity index (χ3v) is 2.00. The van der Waals surface area contributed by atoms with E-state index in [1.807, 2.05) is 0 Å². The van der Waals surface area contributed by atoms with E-state index in [2.05, 4.69) is 10.2 Å². The lowest BCUT2D eigenvalue weighted by atomic mass is 9.96. The molecule has 0 radical (unpaired) electrons. The molecule has 0 amide bonds. The summed E-state index contributed by atoms with van der Waals surface area (Å²) >= 11 is 0. The molecule has 0 aliphatic heterocycles. The van der Waals surface area contributed by atoms with Crippen molar-refractivity contribution in [2.24, 2.45) is 0 Å². The SMILES string of the molecule is Nc1cc(OC2CCC2)cnn1. The lowest BCUT2D eigenvalue weighted by molar-refractivity contribution is 0.119. The summed E-state index contributed by atoms with van der Waals surface area (Å²) in [6.07, 6.45) is 5.51. The number of nitrogens with two attached hydrogens (primary N) is 1. The number of anilines is 1. The van der Waals surface area contributed by atoms with Gasteiger partial charge in [0, 0.05) is 6.07 Å². The lowest BCUT2D eigenvalue weighted by Crippen LogP contribution is -2.24. The maximum atomic E-state index is 5.55. The molecule has 1 aromatic heterocycles. The minimum atomic E-state index is 0.369. The van der Waals surface area contributed by atoms with Crippen LogP contribution in [-0.4, -0.2) is 16.3 Å². The van der Waals surface area contributed by atoms with Crippen LogP contribution in [0.4, 0.5) is 5.82 Å². The molecule has 1 saturated carbocycles. The van der Waals surface area contributed by atoms with Crippen molar-refractivity contribution < 1.29 is 4.74 Å². The Labute approximate surface area is 70.7 Å². The molecule has 1 aliphatic carbocycles. The fourth-order valence-electron chi connectivity index (χ4n) is 1.11. The largest absolute Gasteiger partial charge is 0.489 e. The minimum absolute atomic E-state index is 0.369. The van der Waals surface area contributed by atoms with E-state index in [-0.39, 0.29) is 0 Å². The Morgan fingerprint density at radius 2 is 2.33 bits per heavy atom. The summed E-state index contributed by atoms with van der Waals surface area (Å²) in [5, 5.41) is 7.33. The molecule has 0 unspecified atom stereocenters. The van der Waals surface area contributed by atoms with E-state index >= 15 is 0 Å². The molecule has 1 fully saturated rings. The summed E-state index contributed by atoms with van der Waals surface area (Å²) in [5.41, 5.74) is 5.44. The summed E-state index contributed by atoms with van der Waals surface area (Å²) in [4.78, 5) is 0. The number of nitrogens with zero attached hydrogens (tertiary/aromatic N) is 2. The predicted octanol–water partition coefficient (Wildman–Crippen LogP) is 0.990. The van der Waals surface area contributed by atoms with Crippen molar-refractivity contribution in [3.05, 3.63) is 12.3 Å². The molecule has 1 aliphatic rings. The van der Waals surface area contributed by atoms with Crippen molar-refractivity contribution in [1.82, 2.24) is 10.2 Å². The average Bonchev–Trinajstić information content (AvgIpc) is 1.97. The molecule has 0 bridgehead atoms. The van der Waals surface area contributed by atoms with E-state index in [1.54, 1.807) is 12.3 Å². The fourth-order valence-corrected chi connectivity index (χ4v) is 1.11. The van der Waals surface area contributed by atoms with Crippen molar-refractivity contribution in [3.8, 4) is 5.75 Å². The van der Waals surface area contributed by atoms with Gasteiger partial charge in [-0.05, 0) is 19.3 Å². The van der Waals surface area contributed by atoms with E-state index in [9.17, 15) is 0 Å². The van der Waals surface area contributed by atoms with Crippen LogP contribution in [0.1, 0.15) is 19.3 Å². The van der Waals surface area contributed by atoms with Crippen molar-refractivity contribution in [2.75, 3.05) is 5.73 Å². The smallest absolute Gasteiger partial charge is 0.149 e. The molecule has 0 atom stereocenters. The molecular weight excluding hydrogens is 154 g/mol. The molecule has 4 nitrogen and oxygen atoms in total. The first-order chi connectivity index (χ1) is 5.84. The second-order valence-corrected chi connectivity index (χ2v) is 2.99. The molecule has 1 aromatic rings. The van der Waals surface area contributed by atoms with Crippen LogP contribution in [0.5, 0.6) is 5.75 Å². The van der Waals surface area contributed by atoms with Crippen molar-refractivity contribution in [2.45, 2.75) is 25.4 Å². The zero-order valence-electron chi connectivity index (χ0n) is 6.73. The Kier molecular flexibility index (Phi) is 1.81. The summed E-state index contributed by atoms with van der Waals surface area (Å²) < 4.78 is 5.55. The van der Waals surface area contributed by atoms with Crippen LogP contribution in [0.3, 0.4) is 0 Å². The van der Waals surface area contributed by atoms with Crippen LogP contribution in [0.15, 0.2) is 12.3 Å². The first kappa shape index (κ1) is 7.34. The summed E-state index contributed by atoms with van der Waals surface area (Å²) in [6.45, 7) is 0. The predicted molar refractivity (Wildman–Crippen MR) is 44.7 cm³/mol. The summed E-state index contributed by atoms with van der Waals surface area (Å²) in [6, 6.07) is 1.70. The average molecular weight is 165 g/mol. The standard InChI is InChI=1S/C8H11N3O/c9-8-4-7(5-10-11-8)12-6-2-1-3-6/h4-6H,1-3H2,(H2,9,11). The highest BCUT2D eigenvalue weighted by atomic mass is 16.5. The van der Waals surface area contributed by atoms with Gasteiger partial charge in [0.2, 0.25) is 0 Å². The van der Waals surface area contributed by atoms with E-state index in [4.69, 9.17) is 10.5 Å². The molecule has 1 heterocycles. The van der Waals surface area contributed by atoms with Gasteiger partial charge in [0.1, 0.15) is 11.6 Å². The molecular formula is C8H11N3O. The highest BCUT2D eigenvalue weighted by Gasteiger charge is 2.19. The van der Waals surface area contributed by atoms with E-state index in [0.717, 1.165) is 18.6 Å². The van der Waals surface area contributed by atoms with Crippen LogP contribution in [0, 0.1) is 0 Å². The molecule has 4 heteroatoms. The Morgan fingerprint density at radius 1 is 1.50 bits per heavy atom. The molecule has 0 spiro atoms. The van der Waals surface area contributed by atoms with Gasteiger partial charge in [-0.3, -0.25) is 0 Å². The van der Waals surface area contributed by atoms with Crippen molar-refractivity contribution in [1.29, 1.82) is 0 Å². The topological polar surface area (TPSA) is 61.0 Å². The normalized spacial score (nSPS) is 17.0. The van der Waals surface area contributed by atoms with Gasteiger partial charge in [0.15, 0.2) is 0 Å². The second kappa shape index (κ2) is 2.97. The summed E-state index contributed by atoms with van der Waals surface area (Å²) in [5.74, 6) is 1.14. The van der Waals surface area contributed by atoms with Gasteiger partial charge in [0.05, 0.1) is 12.3 Å². The van der Waals surface area contributed by atoms with Crippen LogP contribution < -0.4 is 10.5 Å². The maximum Gasteiger partial charge on any atom is 0.149 e. The van der Waals surface area contributed by atoms with Crippen LogP contribution in [0.2, 0.25) is 0 Å². The number of hydrogen-bond donors (Lipinski definition) is 1. The van der Waals surface area contributed by atoms with Crippen molar-refractivity contribution >= 4 is 5.82 Å². The van der Waals surface area contributed by atoms with E-state index in [1.165, 1.54) is 6.42 Å². The molecule has 2 rings (SSSR count). The highest BCUT2D eigenvalue weighted by Crippen LogP contribution is 2.24. The quantitative estimate of drug-likeness (QED) is 0.709. The van der Waals surface area contributed by atoms with Gasteiger partial charge >= 0.3 is 0 Å². The fraction of sp³-hybridized carbons (Fsp3) is 0.500. The molecule has 12 heavy (non-hydrogen) atoms. The second-order valence-electron chi connectivity index (χ2n) is 2.99. The summed E-state index contributed by atoms with van der Waals surface area (Å²) in [7, 11) is 0. The molecule has 0 saturated heterocycles. The zero-order chi connectivity index (χ0) is 8.39. The van der Waals surface area contributed by atoms with Crippen molar-refractivity contribution in [3.63, 3.8) is 0 Å². The Bertz CT molecular complexity index is 273. The molecule has 2 N–H and O–H groups in total. The van der Waals surface area contributed by atoms with Gasteiger partial charge in [0.25, 0.3) is 0 Å². The highest BCUT2D eigenvalue weighted by molar-refractivity contribution is 5.33. The molecule has 64 valence electrons. The number of nitrogen functional groups attached to an aromatic ring is 1. The van der Waals surface area contributed by atoms with Crippen LogP contribution >= 0.6 is 0 Å². The lowest BCUT2D eigenvalue weighted by Gasteiger charge is -2.25. The Morgan fingerprint density at radius 3 is 2.92 bits per heavy atom. The number of hydrogen-bond acceptors (Lipinski definition) is 4. The molecule has 0 aromatic carbocycles. The van der Waals surface area contributed by atoms with Gasteiger partial charge in [-0.1, -0.05) is 0 Å². The third kappa shape index (κ3) is 1.47. The monoisotopic (exact) mass is 165 g/mol. The number of rotatable bonds is 2. The minimum Gasteiger partial charge on any atom is -0.489 e. The number of aromatic nitrogens is 2. The first-order valence-corrected chi connectivity index (χ1v) is 4.09. The van der Waals surface area contributed by atoms with Gasteiger partial charge in [-0.2, -0.15) is 5.10 Å². The van der Waals surface area contributed by atoms with Crippen LogP contribution in [0.25, 0.3) is 0 Å². The first-order valence-electron chi connectivity index (χ1n) is 4.09. The van der Waals surface area contributed by atoms with Crippen LogP contribution in [-0.2, 0) is 0 Å². The van der Waals surface area contributed by atoms with Gasteiger partial charge in [-0.25, -0.2) is 0 Å². The number of ether oxygens (including phenoxy) is 1. The van der Waals surface area contributed by atoms with Gasteiger partial charge in [-0.15, -0.1) is 5.10 Å². The van der Waals surface area contributed by atoms with Gasteiger partial charge < -0.3 is 10.5 Å². The Balaban J connectivity index is 2.02. The van der Waals surface area contributed by atoms with E-state index < -0.39 is 0 Å². The zero-order valence-corrected chi connectivity index (χ0v) is 6.73.